The number of ether oxygens (including phenoxy) is 9. The lowest BCUT2D eigenvalue weighted by molar-refractivity contribution is -0.340. The second kappa shape index (κ2) is 31.9. The topological polar surface area (TPSA) is 382 Å². The number of hydrogen-bond donors (Lipinski definition) is 6. The summed E-state index contributed by atoms with van der Waals surface area (Å²) in [6.07, 6.45) is -11.1. The molecule has 14 atom stereocenters. The summed E-state index contributed by atoms with van der Waals surface area (Å²) in [5, 5.41) is 24.5. The van der Waals surface area contributed by atoms with Gasteiger partial charge < -0.3 is 74.7 Å². The average molecular weight is 1370 g/mol. The van der Waals surface area contributed by atoms with E-state index < -0.39 is 173 Å². The number of hydrogen-bond acceptors (Lipinski definition) is 22. The third kappa shape index (κ3) is 16.7. The number of fused-ring (bicyclic) bond motifs is 5. The zero-order chi connectivity index (χ0) is 72.3. The molecule has 8 rings (SSSR count). The first kappa shape index (κ1) is 75.1. The van der Waals surface area contributed by atoms with Crippen LogP contribution >= 0.6 is 0 Å². The summed E-state index contributed by atoms with van der Waals surface area (Å²) in [6, 6.07) is 25.0. The number of nitrogens with two attached hydrogens (primary N) is 1. The third-order valence-electron chi connectivity index (χ3n) is 19.2. The molecule has 5 amide bonds. The van der Waals surface area contributed by atoms with Crippen LogP contribution in [0.2, 0.25) is 0 Å². The minimum atomic E-state index is -2.47. The van der Waals surface area contributed by atoms with Crippen molar-refractivity contribution in [1.82, 2.24) is 16.0 Å². The monoisotopic (exact) mass is 1370 g/mol. The van der Waals surface area contributed by atoms with Crippen LogP contribution in [-0.4, -0.2) is 164 Å². The Kier molecular flexibility index (Phi) is 24.2. The van der Waals surface area contributed by atoms with E-state index in [1.54, 1.807) is 94.4 Å². The number of benzene rings is 4. The molecule has 3 fully saturated rings. The first-order valence-corrected chi connectivity index (χ1v) is 32.4. The minimum absolute atomic E-state index is 0.0154. The zero-order valence-electron chi connectivity index (χ0n) is 56.8. The maximum atomic E-state index is 16.1. The van der Waals surface area contributed by atoms with E-state index in [2.05, 4.69) is 21.3 Å². The second-order valence-corrected chi connectivity index (χ2v) is 26.2. The van der Waals surface area contributed by atoms with Crippen LogP contribution in [0.15, 0.2) is 126 Å². The highest BCUT2D eigenvalue weighted by Crippen LogP contribution is 2.66. The molecule has 27 heteroatoms. The quantitative estimate of drug-likeness (QED) is 0.0178. The van der Waals surface area contributed by atoms with Crippen molar-refractivity contribution in [2.24, 2.45) is 34.3 Å². The van der Waals surface area contributed by atoms with Gasteiger partial charge in [0.15, 0.2) is 23.3 Å². The summed E-state index contributed by atoms with van der Waals surface area (Å²) < 4.78 is 53.2. The first-order chi connectivity index (χ1) is 46.9. The summed E-state index contributed by atoms with van der Waals surface area (Å²) in [5.74, 6) is -12.0. The highest BCUT2D eigenvalue weighted by atomic mass is 16.7. The molecule has 2 bridgehead atoms. The molecule has 1 saturated heterocycles. The minimum Gasteiger partial charge on any atom is -0.455 e. The molecule has 7 N–H and O–H groups in total. The lowest BCUT2D eigenvalue weighted by Gasteiger charge is -2.68. The summed E-state index contributed by atoms with van der Waals surface area (Å²) in [7, 11) is 1.48. The maximum absolute atomic E-state index is 16.1. The Morgan fingerprint density at radius 2 is 1.36 bits per heavy atom. The molecular formula is C72H85N5O22. The van der Waals surface area contributed by atoms with Crippen LogP contribution < -0.4 is 27.0 Å². The molecule has 4 aliphatic rings. The summed E-state index contributed by atoms with van der Waals surface area (Å²) in [5.41, 5.74) is -1.30. The number of ketones is 2. The number of carbonyl (C=O) groups excluding carboxylic acids is 12. The van der Waals surface area contributed by atoms with E-state index >= 15 is 9.59 Å². The van der Waals surface area contributed by atoms with Gasteiger partial charge in [-0.15, -0.1) is 0 Å². The predicted molar refractivity (Wildman–Crippen MR) is 350 cm³/mol. The lowest BCUT2D eigenvalue weighted by Crippen LogP contribution is -2.80. The van der Waals surface area contributed by atoms with E-state index in [9.17, 15) is 53.1 Å². The Morgan fingerprint density at radius 3 is 1.95 bits per heavy atom. The van der Waals surface area contributed by atoms with Crippen molar-refractivity contribution in [3.05, 3.63) is 149 Å². The van der Waals surface area contributed by atoms with E-state index in [1.165, 1.54) is 83.3 Å². The zero-order valence-corrected chi connectivity index (χ0v) is 56.8. The van der Waals surface area contributed by atoms with E-state index in [-0.39, 0.29) is 78.6 Å². The molecule has 2 unspecified atom stereocenters. The lowest BCUT2D eigenvalue weighted by atomic mass is 9.43. The largest absolute Gasteiger partial charge is 0.509 e. The van der Waals surface area contributed by atoms with Crippen molar-refractivity contribution in [2.75, 3.05) is 38.9 Å². The van der Waals surface area contributed by atoms with Gasteiger partial charge in [-0.2, -0.15) is 0 Å². The molecule has 0 radical (unpaired) electrons. The van der Waals surface area contributed by atoms with Crippen LogP contribution in [0.1, 0.15) is 126 Å². The van der Waals surface area contributed by atoms with Crippen LogP contribution in [0.3, 0.4) is 0 Å². The van der Waals surface area contributed by atoms with Crippen molar-refractivity contribution >= 4 is 76.8 Å². The Bertz CT molecular complexity index is 3720. The van der Waals surface area contributed by atoms with Gasteiger partial charge in [0.2, 0.25) is 29.7 Å². The summed E-state index contributed by atoms with van der Waals surface area (Å²) >= 11 is 0. The summed E-state index contributed by atoms with van der Waals surface area (Å²) in [4.78, 5) is 166. The van der Waals surface area contributed by atoms with E-state index in [0.717, 1.165) is 6.92 Å². The molecule has 0 spiro atoms. The Hall–Kier alpha value is -9.70. The average Bonchev–Trinajstić information content (AvgIpc) is 0.670. The molecule has 3 aliphatic carbocycles. The van der Waals surface area contributed by atoms with Crippen LogP contribution in [0.5, 0.6) is 0 Å². The second-order valence-electron chi connectivity index (χ2n) is 26.2. The van der Waals surface area contributed by atoms with E-state index in [1.807, 2.05) is 0 Å². The van der Waals surface area contributed by atoms with Gasteiger partial charge in [0.25, 0.3) is 5.91 Å². The molecule has 1 aliphatic heterocycles. The van der Waals surface area contributed by atoms with Crippen LogP contribution in [0.4, 0.5) is 10.5 Å². The number of nitrogens with one attached hydrogen (secondary N) is 4. The van der Waals surface area contributed by atoms with Gasteiger partial charge in [0, 0.05) is 61.8 Å². The van der Waals surface area contributed by atoms with E-state index in [4.69, 9.17) is 48.4 Å². The van der Waals surface area contributed by atoms with E-state index in [0.29, 0.717) is 5.56 Å². The molecule has 27 nitrogen and oxygen atoms in total. The molecule has 1 heterocycles. The molecule has 0 aromatic heterocycles. The van der Waals surface area contributed by atoms with Gasteiger partial charge >= 0.3 is 30.0 Å². The highest BCUT2D eigenvalue weighted by Gasteiger charge is 2.78. The highest BCUT2D eigenvalue weighted by molar-refractivity contribution is 6.01. The number of methoxy groups -OCH3 is 1. The Morgan fingerprint density at radius 1 is 0.737 bits per heavy atom. The van der Waals surface area contributed by atoms with Crippen molar-refractivity contribution in [2.45, 2.75) is 154 Å². The normalized spacial score (nSPS) is 24.9. The molecule has 99 heavy (non-hydrogen) atoms. The smallest absolute Gasteiger partial charge is 0.455 e. The third-order valence-corrected chi connectivity index (χ3v) is 19.2. The first-order valence-electron chi connectivity index (χ1n) is 32.4. The summed E-state index contributed by atoms with van der Waals surface area (Å²) in [6.45, 7) is 12.5. The van der Waals surface area contributed by atoms with Gasteiger partial charge in [-0.05, 0) is 84.9 Å². The number of anilines is 1. The van der Waals surface area contributed by atoms with Crippen molar-refractivity contribution in [3.8, 4) is 0 Å². The SMILES string of the molecule is COCCOCC(=O)C[C@H](C)C(=O)N[C@H](C)C(=O)N[C@H](CC(N)=O)C(=O)Nc1ccc(COC(=O)O[C@@H](C(=O)O[C@H]2C[C@@]3(O)C(OC(=O)c4ccccc4)[C@H]4[C@](C)(C(=O)[C@H](OC(C)=O)C(=C2C)C3(C)C)[C@@H](C)CC2OC[C@]24OC(C)=O)[C@@H](NC(=O)c2ccccc2)c2ccccc2)cc1. The molecular weight excluding hydrogens is 1290 g/mol. The fourth-order valence-electron chi connectivity index (χ4n) is 13.7. The number of primary amides is 1. The Labute approximate surface area is 572 Å². The number of Topliss-reactive ketones (excluding diaryl/α,β-unsaturated/α-hetero) is 2. The van der Waals surface area contributed by atoms with Gasteiger partial charge in [-0.25, -0.2) is 14.4 Å². The predicted octanol–water partition coefficient (Wildman–Crippen LogP) is 5.43. The Balaban J connectivity index is 1.09. The molecule has 4 aromatic carbocycles. The van der Waals surface area contributed by atoms with Gasteiger partial charge in [0.05, 0.1) is 37.7 Å². The number of esters is 4. The van der Waals surface area contributed by atoms with Crippen LogP contribution in [0.25, 0.3) is 0 Å². The maximum Gasteiger partial charge on any atom is 0.509 e. The van der Waals surface area contributed by atoms with Crippen molar-refractivity contribution < 1.29 is 105 Å². The molecule has 530 valence electrons. The number of amides is 5. The van der Waals surface area contributed by atoms with Gasteiger partial charge in [0.1, 0.15) is 55.3 Å². The van der Waals surface area contributed by atoms with Crippen LogP contribution in [0, 0.1) is 28.6 Å². The van der Waals surface area contributed by atoms with Crippen molar-refractivity contribution in [1.29, 1.82) is 0 Å². The number of carbonyl (C=O) groups is 12. The fourth-order valence-corrected chi connectivity index (χ4v) is 13.7. The van der Waals surface area contributed by atoms with Gasteiger partial charge in [-0.1, -0.05) is 113 Å². The number of aliphatic hydroxyl groups is 1. The van der Waals surface area contributed by atoms with Crippen molar-refractivity contribution in [3.63, 3.8) is 0 Å². The molecule has 2 saturated carbocycles. The standard InChI is InChI=1S/C72H85N5O22/c1-39(32-50(80)37-92-31-30-91-10)62(83)74-42(4)63(84)76-51(34-54(73)81)65(86)75-49-28-26-45(27-29-49)36-93-68(89)97-58(56(46-20-14-11-15-21-46)77-64(85)47-22-16-12-17-23-47)67(88)96-52-35-72(90)61(98-66(87)48-24-18-13-19-25-48)59-70(9,40(2)33-53-71(59,38-94-53)99-44(6)79)60(82)57(95-43(5)78)55(41(52)3)69(72,7)8/h11-29,39-40,42,51-53,56-59,61,90H,30-38H2,1-10H3,(H2,73,81)(H,74,83)(H,75,86)(H,76,84)(H,77,85)/t39-,40-,42+,51+,52-,53?,56-,57+,58+,59-,61?,70+,71-,72+/m0/s1. The van der Waals surface area contributed by atoms with Crippen LogP contribution in [-0.2, 0) is 92.4 Å². The molecule has 4 aromatic rings. The fraction of sp³-hybridized carbons (Fsp3) is 0.472. The number of rotatable bonds is 28. The van der Waals surface area contributed by atoms with Gasteiger partial charge in [-0.3, -0.25) is 43.2 Å².